The molecule has 0 aromatic heterocycles. The van der Waals surface area contributed by atoms with Gasteiger partial charge < -0.3 is 4.74 Å². The molecule has 0 spiro atoms. The minimum absolute atomic E-state index is 0.0835. The summed E-state index contributed by atoms with van der Waals surface area (Å²) in [7, 11) is -2.61. The smallest absolute Gasteiger partial charge is 0.306 e. The summed E-state index contributed by atoms with van der Waals surface area (Å²) in [6.07, 6.45) is 0.244. The number of esters is 1. The number of benzene rings is 1. The highest BCUT2D eigenvalue weighted by Crippen LogP contribution is 2.27. The van der Waals surface area contributed by atoms with Crippen LogP contribution in [0.1, 0.15) is 18.4 Å². The van der Waals surface area contributed by atoms with Crippen LogP contribution in [0.2, 0.25) is 0 Å². The number of nitrogens with zero attached hydrogens (tertiary/aromatic N) is 1. The molecule has 0 saturated carbocycles. The average molecular weight is 311 g/mol. The number of aryl methyl sites for hydroxylation is 1. The predicted octanol–water partition coefficient (Wildman–Crippen LogP) is 1.10. The fraction of sp³-hybridized carbons (Fsp3) is 0.429. The molecule has 1 saturated heterocycles. The Morgan fingerprint density at radius 1 is 1.33 bits per heavy atom. The van der Waals surface area contributed by atoms with Gasteiger partial charge in [0.25, 0.3) is 10.0 Å². The van der Waals surface area contributed by atoms with E-state index in [1.807, 2.05) is 6.92 Å². The van der Waals surface area contributed by atoms with Crippen molar-refractivity contribution in [2.45, 2.75) is 24.7 Å². The highest BCUT2D eigenvalue weighted by molar-refractivity contribution is 7.89. The molecule has 2 rings (SSSR count). The maximum absolute atomic E-state index is 12.4. The Kier molecular flexibility index (Phi) is 4.32. The molecule has 1 unspecified atom stereocenters. The van der Waals surface area contributed by atoms with Crippen molar-refractivity contribution in [1.82, 2.24) is 4.31 Å². The number of sulfonamides is 1. The number of hydrogen-bond donors (Lipinski definition) is 0. The molecule has 0 N–H and O–H groups in total. The Balaban J connectivity index is 2.20. The number of hydrogen-bond acceptors (Lipinski definition) is 5. The van der Waals surface area contributed by atoms with Crippen molar-refractivity contribution in [1.29, 1.82) is 0 Å². The van der Waals surface area contributed by atoms with Gasteiger partial charge in [-0.05, 0) is 25.5 Å². The van der Waals surface area contributed by atoms with Gasteiger partial charge in [0.05, 0.1) is 24.3 Å². The molecule has 6 nitrogen and oxygen atoms in total. The molecule has 1 aromatic rings. The third-order valence-electron chi connectivity index (χ3n) is 3.53. The quantitative estimate of drug-likeness (QED) is 0.778. The predicted molar refractivity (Wildman–Crippen MR) is 74.8 cm³/mol. The summed E-state index contributed by atoms with van der Waals surface area (Å²) in [4.78, 5) is 23.5. The molecular weight excluding hydrogens is 294 g/mol. The van der Waals surface area contributed by atoms with Crippen LogP contribution in [0.4, 0.5) is 0 Å². The first kappa shape index (κ1) is 15.5. The average Bonchev–Trinajstić information content (AvgIpc) is 2.81. The van der Waals surface area contributed by atoms with Crippen LogP contribution in [0, 0.1) is 12.8 Å². The third kappa shape index (κ3) is 3.07. The fourth-order valence-electron chi connectivity index (χ4n) is 2.26. The van der Waals surface area contributed by atoms with Gasteiger partial charge in [-0.15, -0.1) is 0 Å². The van der Waals surface area contributed by atoms with Gasteiger partial charge in [0.2, 0.25) is 5.91 Å². The Morgan fingerprint density at radius 3 is 2.52 bits per heavy atom. The molecule has 1 aliphatic rings. The monoisotopic (exact) mass is 311 g/mol. The second-order valence-electron chi connectivity index (χ2n) is 4.99. The largest absolute Gasteiger partial charge is 0.469 e. The molecule has 1 fully saturated rings. The van der Waals surface area contributed by atoms with Crippen LogP contribution in [-0.2, 0) is 24.3 Å². The molecule has 1 heterocycles. The van der Waals surface area contributed by atoms with E-state index in [1.165, 1.54) is 19.2 Å². The van der Waals surface area contributed by atoms with Crippen molar-refractivity contribution in [2.75, 3.05) is 13.7 Å². The Hall–Kier alpha value is -1.89. The second-order valence-corrected chi connectivity index (χ2v) is 6.86. The summed E-state index contributed by atoms with van der Waals surface area (Å²) in [5.41, 5.74) is 0.935. The molecule has 0 bridgehead atoms. The zero-order valence-corrected chi connectivity index (χ0v) is 12.7. The number of amides is 1. The van der Waals surface area contributed by atoms with E-state index in [-0.39, 0.29) is 17.9 Å². The molecule has 1 amide bonds. The highest BCUT2D eigenvalue weighted by Gasteiger charge is 2.40. The number of ether oxygens (including phenoxy) is 1. The van der Waals surface area contributed by atoms with Crippen LogP contribution < -0.4 is 0 Å². The summed E-state index contributed by atoms with van der Waals surface area (Å²) in [5.74, 6) is -1.68. The van der Waals surface area contributed by atoms with E-state index < -0.39 is 27.8 Å². The molecule has 114 valence electrons. The first-order valence-corrected chi connectivity index (χ1v) is 8.00. The van der Waals surface area contributed by atoms with Crippen LogP contribution in [0.15, 0.2) is 29.2 Å². The number of methoxy groups -OCH3 is 1. The van der Waals surface area contributed by atoms with E-state index >= 15 is 0 Å². The Morgan fingerprint density at radius 2 is 1.95 bits per heavy atom. The number of carbonyl (C=O) groups is 2. The van der Waals surface area contributed by atoms with Crippen LogP contribution in [0.3, 0.4) is 0 Å². The van der Waals surface area contributed by atoms with Gasteiger partial charge in [-0.2, -0.15) is 0 Å². The SMILES string of the molecule is COC(=O)CC1CCN(S(=O)(=O)c2ccc(C)cc2)C1=O. The minimum atomic E-state index is -3.85. The lowest BCUT2D eigenvalue weighted by Crippen LogP contribution is -2.34. The van der Waals surface area contributed by atoms with Crippen molar-refractivity contribution in [3.63, 3.8) is 0 Å². The molecule has 1 aromatic carbocycles. The van der Waals surface area contributed by atoms with Crippen molar-refractivity contribution in [2.24, 2.45) is 5.92 Å². The van der Waals surface area contributed by atoms with Gasteiger partial charge in [0.15, 0.2) is 0 Å². The van der Waals surface area contributed by atoms with Crippen LogP contribution in [0.25, 0.3) is 0 Å². The van der Waals surface area contributed by atoms with Gasteiger partial charge in [0.1, 0.15) is 0 Å². The number of carbonyl (C=O) groups excluding carboxylic acids is 2. The van der Waals surface area contributed by atoms with E-state index in [2.05, 4.69) is 4.74 Å². The van der Waals surface area contributed by atoms with Gasteiger partial charge in [-0.25, -0.2) is 12.7 Å². The van der Waals surface area contributed by atoms with Crippen LogP contribution >= 0.6 is 0 Å². The summed E-state index contributed by atoms with van der Waals surface area (Å²) in [5, 5.41) is 0. The van der Waals surface area contributed by atoms with E-state index in [9.17, 15) is 18.0 Å². The third-order valence-corrected chi connectivity index (χ3v) is 5.34. The first-order valence-electron chi connectivity index (χ1n) is 6.56. The van der Waals surface area contributed by atoms with Crippen molar-refractivity contribution in [3.05, 3.63) is 29.8 Å². The van der Waals surface area contributed by atoms with Crippen molar-refractivity contribution in [3.8, 4) is 0 Å². The molecule has 0 radical (unpaired) electrons. The molecule has 21 heavy (non-hydrogen) atoms. The van der Waals surface area contributed by atoms with E-state index in [1.54, 1.807) is 12.1 Å². The maximum Gasteiger partial charge on any atom is 0.306 e. The Labute approximate surface area is 123 Å². The van der Waals surface area contributed by atoms with Crippen LogP contribution in [0.5, 0.6) is 0 Å². The summed E-state index contributed by atoms with van der Waals surface area (Å²) in [6.45, 7) is 1.94. The van der Waals surface area contributed by atoms with E-state index in [0.29, 0.717) is 6.42 Å². The fourth-order valence-corrected chi connectivity index (χ4v) is 3.73. The van der Waals surface area contributed by atoms with Gasteiger partial charge in [-0.1, -0.05) is 17.7 Å². The second kappa shape index (κ2) is 5.85. The minimum Gasteiger partial charge on any atom is -0.469 e. The molecule has 7 heteroatoms. The molecule has 0 aliphatic carbocycles. The maximum atomic E-state index is 12.4. The molecule has 1 aliphatic heterocycles. The number of rotatable bonds is 4. The molecule has 1 atom stereocenters. The summed E-state index contributed by atoms with van der Waals surface area (Å²) in [6, 6.07) is 6.32. The first-order chi connectivity index (χ1) is 9.86. The lowest BCUT2D eigenvalue weighted by Gasteiger charge is -2.17. The van der Waals surface area contributed by atoms with Gasteiger partial charge >= 0.3 is 5.97 Å². The lowest BCUT2D eigenvalue weighted by atomic mass is 10.0. The topological polar surface area (TPSA) is 80.8 Å². The summed E-state index contributed by atoms with van der Waals surface area (Å²) < 4.78 is 30.3. The van der Waals surface area contributed by atoms with Crippen LogP contribution in [-0.4, -0.2) is 38.3 Å². The van der Waals surface area contributed by atoms with E-state index in [4.69, 9.17) is 0 Å². The van der Waals surface area contributed by atoms with Gasteiger partial charge in [0, 0.05) is 6.54 Å². The molecular formula is C14H17NO5S. The standard InChI is InChI=1S/C14H17NO5S/c1-10-3-5-12(6-4-10)21(18,19)15-8-7-11(14(15)17)9-13(16)20-2/h3-6,11H,7-9H2,1-2H3. The summed E-state index contributed by atoms with van der Waals surface area (Å²) >= 11 is 0. The Bertz CT molecular complexity index is 650. The zero-order valence-electron chi connectivity index (χ0n) is 11.9. The zero-order chi connectivity index (χ0) is 15.6. The van der Waals surface area contributed by atoms with E-state index in [0.717, 1.165) is 9.87 Å². The normalized spacial score (nSPS) is 18.9. The lowest BCUT2D eigenvalue weighted by molar-refractivity contribution is -0.144. The van der Waals surface area contributed by atoms with Crippen molar-refractivity contribution < 1.29 is 22.7 Å². The van der Waals surface area contributed by atoms with Crippen molar-refractivity contribution >= 4 is 21.9 Å². The highest BCUT2D eigenvalue weighted by atomic mass is 32.2. The van der Waals surface area contributed by atoms with Gasteiger partial charge in [-0.3, -0.25) is 9.59 Å².